The fourth-order valence-electron chi connectivity index (χ4n) is 1.16. The molecule has 1 aromatic rings. The molecule has 1 aromatic heterocycles. The van der Waals surface area contributed by atoms with Crippen LogP contribution in [0.4, 0.5) is 0 Å². The predicted molar refractivity (Wildman–Crippen MR) is 56.7 cm³/mol. The first-order chi connectivity index (χ1) is 7.24. The molecule has 5 nitrogen and oxygen atoms in total. The van der Waals surface area contributed by atoms with Crippen molar-refractivity contribution < 1.29 is 4.79 Å². The number of nitrogens with zero attached hydrogens (tertiary/aromatic N) is 2. The summed E-state index contributed by atoms with van der Waals surface area (Å²) in [6.45, 7) is 2.81. The lowest BCUT2D eigenvalue weighted by Crippen LogP contribution is -2.30. The van der Waals surface area contributed by atoms with Crippen LogP contribution in [-0.4, -0.2) is 22.6 Å². The van der Waals surface area contributed by atoms with Crippen LogP contribution in [-0.2, 0) is 11.3 Å². The quantitative estimate of drug-likeness (QED) is 0.718. The van der Waals surface area contributed by atoms with Crippen molar-refractivity contribution in [2.45, 2.75) is 19.9 Å². The fourth-order valence-corrected chi connectivity index (χ4v) is 1.16. The monoisotopic (exact) mass is 208 g/mol. The Morgan fingerprint density at radius 2 is 2.47 bits per heavy atom. The number of carbonyl (C=O) groups is 1. The highest BCUT2D eigenvalue weighted by Gasteiger charge is 2.11. The summed E-state index contributed by atoms with van der Waals surface area (Å²) in [6, 6.07) is 3.61. The zero-order valence-electron chi connectivity index (χ0n) is 8.81. The van der Waals surface area contributed by atoms with Gasteiger partial charge in [0.05, 0.1) is 12.2 Å². The first kappa shape index (κ1) is 11.6. The second-order valence-electron chi connectivity index (χ2n) is 3.41. The Morgan fingerprint density at radius 3 is 3.07 bits per heavy atom. The van der Waals surface area contributed by atoms with E-state index in [9.17, 15) is 4.79 Å². The molecule has 0 aromatic carbocycles. The van der Waals surface area contributed by atoms with Gasteiger partial charge in [0.25, 0.3) is 0 Å². The van der Waals surface area contributed by atoms with Crippen molar-refractivity contribution in [3.8, 4) is 0 Å². The van der Waals surface area contributed by atoms with E-state index in [0.29, 0.717) is 19.5 Å². The average molecular weight is 208 g/mol. The van der Waals surface area contributed by atoms with Crippen LogP contribution < -0.4 is 11.1 Å². The molecule has 0 saturated heterocycles. The standard InChI is InChI=1S/C10H16N4O/c1-8(4-5-11)10(15)12-7-9-3-2-6-13-14-9/h2-3,6,8H,4-5,7,11H2,1H3,(H,12,15). The van der Waals surface area contributed by atoms with E-state index in [1.54, 1.807) is 12.3 Å². The number of hydrogen-bond acceptors (Lipinski definition) is 4. The summed E-state index contributed by atoms with van der Waals surface area (Å²) in [5.74, 6) is -0.0437. The maximum atomic E-state index is 11.5. The number of amides is 1. The number of hydrogen-bond donors (Lipinski definition) is 2. The molecule has 5 heteroatoms. The Labute approximate surface area is 89.1 Å². The zero-order chi connectivity index (χ0) is 11.1. The highest BCUT2D eigenvalue weighted by molar-refractivity contribution is 5.78. The van der Waals surface area contributed by atoms with Crippen molar-refractivity contribution in [3.63, 3.8) is 0 Å². The van der Waals surface area contributed by atoms with Gasteiger partial charge in [0.15, 0.2) is 0 Å². The molecule has 0 aliphatic carbocycles. The molecular formula is C10H16N4O. The van der Waals surface area contributed by atoms with Gasteiger partial charge in [-0.2, -0.15) is 10.2 Å². The van der Waals surface area contributed by atoms with Gasteiger partial charge in [0.2, 0.25) is 5.91 Å². The molecule has 1 rings (SSSR count). The highest BCUT2D eigenvalue weighted by Crippen LogP contribution is 2.00. The van der Waals surface area contributed by atoms with E-state index in [-0.39, 0.29) is 11.8 Å². The molecule has 3 N–H and O–H groups in total. The normalized spacial score (nSPS) is 12.1. The molecule has 1 atom stereocenters. The number of rotatable bonds is 5. The van der Waals surface area contributed by atoms with Crippen LogP contribution in [0.3, 0.4) is 0 Å². The summed E-state index contributed by atoms with van der Waals surface area (Å²) in [4.78, 5) is 11.5. The van der Waals surface area contributed by atoms with Crippen LogP contribution in [0.15, 0.2) is 18.3 Å². The van der Waals surface area contributed by atoms with Gasteiger partial charge in [-0.25, -0.2) is 0 Å². The minimum atomic E-state index is -0.0494. The molecule has 0 bridgehead atoms. The molecule has 0 radical (unpaired) electrons. The third kappa shape index (κ3) is 4.03. The molecule has 0 fully saturated rings. The van der Waals surface area contributed by atoms with E-state index in [0.717, 1.165) is 5.69 Å². The van der Waals surface area contributed by atoms with Crippen molar-refractivity contribution in [2.75, 3.05) is 6.54 Å². The molecule has 1 amide bonds. The zero-order valence-corrected chi connectivity index (χ0v) is 8.81. The molecule has 1 unspecified atom stereocenters. The van der Waals surface area contributed by atoms with Crippen molar-refractivity contribution in [1.29, 1.82) is 0 Å². The summed E-state index contributed by atoms with van der Waals surface area (Å²) in [7, 11) is 0. The molecule has 15 heavy (non-hydrogen) atoms. The first-order valence-electron chi connectivity index (χ1n) is 4.98. The SMILES string of the molecule is CC(CCN)C(=O)NCc1cccnn1. The Bertz CT molecular complexity index is 302. The number of nitrogens with two attached hydrogens (primary N) is 1. The molecule has 0 aliphatic rings. The molecule has 0 saturated carbocycles. The van der Waals surface area contributed by atoms with E-state index in [4.69, 9.17) is 5.73 Å². The lowest BCUT2D eigenvalue weighted by Gasteiger charge is -2.10. The van der Waals surface area contributed by atoms with E-state index in [1.807, 2.05) is 13.0 Å². The van der Waals surface area contributed by atoms with Crippen LogP contribution in [0, 0.1) is 5.92 Å². The van der Waals surface area contributed by atoms with Gasteiger partial charge in [-0.15, -0.1) is 0 Å². The maximum Gasteiger partial charge on any atom is 0.223 e. The van der Waals surface area contributed by atoms with Gasteiger partial charge >= 0.3 is 0 Å². The largest absolute Gasteiger partial charge is 0.350 e. The molecule has 0 aliphatic heterocycles. The van der Waals surface area contributed by atoms with Gasteiger partial charge in [-0.1, -0.05) is 6.92 Å². The van der Waals surface area contributed by atoms with Crippen molar-refractivity contribution in [2.24, 2.45) is 11.7 Å². The van der Waals surface area contributed by atoms with Crippen LogP contribution in [0.5, 0.6) is 0 Å². The molecule has 82 valence electrons. The second kappa shape index (κ2) is 6.08. The van der Waals surface area contributed by atoms with Crippen molar-refractivity contribution in [1.82, 2.24) is 15.5 Å². The molecule has 0 spiro atoms. The van der Waals surface area contributed by atoms with Crippen molar-refractivity contribution in [3.05, 3.63) is 24.0 Å². The summed E-state index contributed by atoms with van der Waals surface area (Å²) in [5, 5.41) is 10.4. The third-order valence-electron chi connectivity index (χ3n) is 2.12. The summed E-state index contributed by atoms with van der Waals surface area (Å²) in [6.07, 6.45) is 2.30. The topological polar surface area (TPSA) is 80.9 Å². The summed E-state index contributed by atoms with van der Waals surface area (Å²) in [5.41, 5.74) is 6.13. The smallest absolute Gasteiger partial charge is 0.223 e. The number of aromatic nitrogens is 2. The van der Waals surface area contributed by atoms with Crippen LogP contribution in [0.25, 0.3) is 0 Å². The van der Waals surface area contributed by atoms with Gasteiger partial charge < -0.3 is 11.1 Å². The minimum absolute atomic E-state index is 0.00565. The second-order valence-corrected chi connectivity index (χ2v) is 3.41. The van der Waals surface area contributed by atoms with Gasteiger partial charge in [-0.05, 0) is 25.1 Å². The van der Waals surface area contributed by atoms with Crippen LogP contribution >= 0.6 is 0 Å². The average Bonchev–Trinajstić information content (AvgIpc) is 2.27. The van der Waals surface area contributed by atoms with Gasteiger partial charge in [0.1, 0.15) is 0 Å². The van der Waals surface area contributed by atoms with Gasteiger partial charge in [-0.3, -0.25) is 4.79 Å². The third-order valence-corrected chi connectivity index (χ3v) is 2.12. The van der Waals surface area contributed by atoms with E-state index < -0.39 is 0 Å². The molecular weight excluding hydrogens is 192 g/mol. The Balaban J connectivity index is 2.34. The Kier molecular flexibility index (Phi) is 4.70. The van der Waals surface area contributed by atoms with E-state index in [2.05, 4.69) is 15.5 Å². The Hall–Kier alpha value is -1.49. The fraction of sp³-hybridized carbons (Fsp3) is 0.500. The van der Waals surface area contributed by atoms with E-state index in [1.165, 1.54) is 0 Å². The predicted octanol–water partition coefficient (Wildman–Crippen LogP) is 0.0777. The number of nitrogens with one attached hydrogen (secondary N) is 1. The van der Waals surface area contributed by atoms with Gasteiger partial charge in [0, 0.05) is 12.1 Å². The Morgan fingerprint density at radius 1 is 1.67 bits per heavy atom. The van der Waals surface area contributed by atoms with Crippen LogP contribution in [0.1, 0.15) is 19.0 Å². The first-order valence-corrected chi connectivity index (χ1v) is 4.98. The van der Waals surface area contributed by atoms with E-state index >= 15 is 0 Å². The van der Waals surface area contributed by atoms with Crippen LogP contribution in [0.2, 0.25) is 0 Å². The lowest BCUT2D eigenvalue weighted by atomic mass is 10.1. The molecule has 1 heterocycles. The van der Waals surface area contributed by atoms with Crippen molar-refractivity contribution >= 4 is 5.91 Å². The lowest BCUT2D eigenvalue weighted by molar-refractivity contribution is -0.124. The number of carbonyl (C=O) groups excluding carboxylic acids is 1. The minimum Gasteiger partial charge on any atom is -0.350 e. The highest BCUT2D eigenvalue weighted by atomic mass is 16.1. The summed E-state index contributed by atoms with van der Waals surface area (Å²) >= 11 is 0. The maximum absolute atomic E-state index is 11.5. The summed E-state index contributed by atoms with van der Waals surface area (Å²) < 4.78 is 0.